The van der Waals surface area contributed by atoms with Gasteiger partial charge in [0.25, 0.3) is 0 Å². The van der Waals surface area contributed by atoms with Gasteiger partial charge in [0.15, 0.2) is 0 Å². The second-order valence-electron chi connectivity index (χ2n) is 5.86. The van der Waals surface area contributed by atoms with Crippen molar-refractivity contribution in [2.75, 3.05) is 0 Å². The van der Waals surface area contributed by atoms with Crippen LogP contribution in [0.5, 0.6) is 5.75 Å². The molecule has 0 heterocycles. The Hall–Kier alpha value is -2.35. The number of ketones is 1. The summed E-state index contributed by atoms with van der Waals surface area (Å²) in [6.45, 7) is 2.72. The Morgan fingerprint density at radius 2 is 1.69 bits per heavy atom. The predicted molar refractivity (Wildman–Crippen MR) is 89.4 cm³/mol. The van der Waals surface area contributed by atoms with Crippen molar-refractivity contribution in [1.82, 2.24) is 0 Å². The molecule has 0 fully saturated rings. The Balaban J connectivity index is 2.22. The molecule has 0 aliphatic carbocycles. The van der Waals surface area contributed by atoms with Crippen LogP contribution in [0.4, 0.5) is 13.2 Å². The highest BCUT2D eigenvalue weighted by Crippen LogP contribution is 2.33. The van der Waals surface area contributed by atoms with Gasteiger partial charge in [0.1, 0.15) is 16.4 Å². The second kappa shape index (κ2) is 7.49. The summed E-state index contributed by atoms with van der Waals surface area (Å²) in [5.41, 5.74) is -0.285. The van der Waals surface area contributed by atoms with Crippen molar-refractivity contribution in [3.8, 4) is 5.75 Å². The molecule has 0 aliphatic heterocycles. The molecule has 0 radical (unpaired) electrons. The third kappa shape index (κ3) is 5.08. The van der Waals surface area contributed by atoms with E-state index in [1.807, 2.05) is 0 Å². The zero-order valence-corrected chi connectivity index (χ0v) is 14.9. The number of halogens is 3. The molecule has 0 amide bonds. The zero-order chi connectivity index (χ0) is 19.5. The molecule has 26 heavy (non-hydrogen) atoms. The SMILES string of the molecule is CC(=O)CCc1ccc(OS(=O)(=O)c2ccc(C)c(C(F)(F)F)c2)cc1. The number of carbonyl (C=O) groups excluding carboxylic acids is 1. The maximum atomic E-state index is 13.0. The van der Waals surface area contributed by atoms with Crippen LogP contribution in [0.25, 0.3) is 0 Å². The average Bonchev–Trinajstić information content (AvgIpc) is 2.53. The second-order valence-corrected chi connectivity index (χ2v) is 7.40. The van der Waals surface area contributed by atoms with Crippen LogP contribution in [-0.4, -0.2) is 14.2 Å². The highest BCUT2D eigenvalue weighted by atomic mass is 32.2. The van der Waals surface area contributed by atoms with Gasteiger partial charge in [-0.15, -0.1) is 0 Å². The largest absolute Gasteiger partial charge is 0.416 e. The molecule has 2 aromatic rings. The molecule has 0 atom stereocenters. The van der Waals surface area contributed by atoms with Gasteiger partial charge in [-0.2, -0.15) is 21.6 Å². The van der Waals surface area contributed by atoms with Crippen molar-refractivity contribution >= 4 is 15.9 Å². The highest BCUT2D eigenvalue weighted by molar-refractivity contribution is 7.87. The maximum Gasteiger partial charge on any atom is 0.416 e. The minimum atomic E-state index is -4.66. The van der Waals surface area contributed by atoms with Crippen molar-refractivity contribution in [2.45, 2.75) is 37.8 Å². The van der Waals surface area contributed by atoms with Gasteiger partial charge in [0.05, 0.1) is 5.56 Å². The molecule has 0 saturated carbocycles. The van der Waals surface area contributed by atoms with E-state index in [1.54, 1.807) is 12.1 Å². The van der Waals surface area contributed by atoms with Gasteiger partial charge < -0.3 is 8.98 Å². The quantitative estimate of drug-likeness (QED) is 0.695. The monoisotopic (exact) mass is 386 g/mol. The van der Waals surface area contributed by atoms with Gasteiger partial charge in [-0.1, -0.05) is 18.2 Å². The van der Waals surface area contributed by atoms with E-state index in [0.29, 0.717) is 18.9 Å². The van der Waals surface area contributed by atoms with Crippen LogP contribution < -0.4 is 4.18 Å². The molecule has 0 spiro atoms. The predicted octanol–water partition coefficient (Wildman–Crippen LogP) is 4.30. The topological polar surface area (TPSA) is 60.4 Å². The molecule has 140 valence electrons. The van der Waals surface area contributed by atoms with Crippen molar-refractivity contribution < 1.29 is 30.6 Å². The molecule has 0 aromatic heterocycles. The fraction of sp³-hybridized carbons (Fsp3) is 0.278. The summed E-state index contributed by atoms with van der Waals surface area (Å²) in [7, 11) is -4.41. The number of hydrogen-bond acceptors (Lipinski definition) is 4. The van der Waals surface area contributed by atoms with Gasteiger partial charge in [0.2, 0.25) is 0 Å². The zero-order valence-electron chi connectivity index (χ0n) is 14.1. The normalized spacial score (nSPS) is 12.0. The Bertz CT molecular complexity index is 901. The summed E-state index contributed by atoms with van der Waals surface area (Å²) in [5, 5.41) is 0. The third-order valence-corrected chi connectivity index (χ3v) is 4.94. The summed E-state index contributed by atoms with van der Waals surface area (Å²) in [6, 6.07) is 8.71. The smallest absolute Gasteiger partial charge is 0.379 e. The van der Waals surface area contributed by atoms with E-state index in [4.69, 9.17) is 4.18 Å². The van der Waals surface area contributed by atoms with Crippen molar-refractivity contribution in [2.24, 2.45) is 0 Å². The van der Waals surface area contributed by atoms with E-state index < -0.39 is 26.8 Å². The van der Waals surface area contributed by atoms with Crippen LogP contribution in [-0.2, 0) is 27.5 Å². The van der Waals surface area contributed by atoms with Crippen LogP contribution in [0.15, 0.2) is 47.4 Å². The Kier molecular flexibility index (Phi) is 5.75. The van der Waals surface area contributed by atoms with Crippen LogP contribution in [0.1, 0.15) is 30.0 Å². The lowest BCUT2D eigenvalue weighted by molar-refractivity contribution is -0.138. The summed E-state index contributed by atoms with van der Waals surface area (Å²) < 4.78 is 68.3. The van der Waals surface area contributed by atoms with E-state index in [-0.39, 0.29) is 17.1 Å². The van der Waals surface area contributed by atoms with Gasteiger partial charge in [-0.3, -0.25) is 0 Å². The van der Waals surface area contributed by atoms with Crippen molar-refractivity contribution in [3.05, 3.63) is 59.2 Å². The lowest BCUT2D eigenvalue weighted by Crippen LogP contribution is -2.13. The van der Waals surface area contributed by atoms with Crippen LogP contribution >= 0.6 is 0 Å². The maximum absolute atomic E-state index is 13.0. The first-order chi connectivity index (χ1) is 12.0. The molecule has 0 bridgehead atoms. The standard InChI is InChI=1S/C18H17F3O4S/c1-12-3-10-16(11-17(12)18(19,20)21)26(23,24)25-15-8-6-14(7-9-15)5-4-13(2)22/h3,6-11H,4-5H2,1-2H3. The first-order valence-electron chi connectivity index (χ1n) is 7.70. The first-order valence-corrected chi connectivity index (χ1v) is 9.10. The fourth-order valence-electron chi connectivity index (χ4n) is 2.27. The van der Waals surface area contributed by atoms with Gasteiger partial charge >= 0.3 is 16.3 Å². The van der Waals surface area contributed by atoms with Gasteiger partial charge in [-0.25, -0.2) is 0 Å². The Morgan fingerprint density at radius 3 is 2.23 bits per heavy atom. The van der Waals surface area contributed by atoms with Crippen LogP contribution in [0.3, 0.4) is 0 Å². The molecule has 4 nitrogen and oxygen atoms in total. The van der Waals surface area contributed by atoms with Crippen LogP contribution in [0.2, 0.25) is 0 Å². The van der Waals surface area contributed by atoms with Gasteiger partial charge in [-0.05, 0) is 55.7 Å². The molecule has 2 rings (SSSR count). The summed E-state index contributed by atoms with van der Waals surface area (Å²) >= 11 is 0. The molecule has 0 unspecified atom stereocenters. The van der Waals surface area contributed by atoms with E-state index in [1.165, 1.54) is 26.0 Å². The van der Waals surface area contributed by atoms with Crippen molar-refractivity contribution in [3.63, 3.8) is 0 Å². The molecular weight excluding hydrogens is 369 g/mol. The minimum absolute atomic E-state index is 0.0225. The number of carbonyl (C=O) groups is 1. The van der Waals surface area contributed by atoms with Gasteiger partial charge in [0, 0.05) is 6.42 Å². The Morgan fingerprint density at radius 1 is 1.08 bits per heavy atom. The summed E-state index contributed by atoms with van der Waals surface area (Å²) in [4.78, 5) is 10.4. The number of alkyl halides is 3. The van der Waals surface area contributed by atoms with Crippen molar-refractivity contribution in [1.29, 1.82) is 0 Å². The minimum Gasteiger partial charge on any atom is -0.379 e. The first kappa shape index (κ1) is 20.0. The van der Waals surface area contributed by atoms with E-state index in [0.717, 1.165) is 17.7 Å². The van der Waals surface area contributed by atoms with E-state index in [2.05, 4.69) is 0 Å². The summed E-state index contributed by atoms with van der Waals surface area (Å²) in [6.07, 6.45) is -3.79. The number of benzene rings is 2. The highest BCUT2D eigenvalue weighted by Gasteiger charge is 2.34. The lowest BCUT2D eigenvalue weighted by Gasteiger charge is -2.13. The van der Waals surface area contributed by atoms with E-state index >= 15 is 0 Å². The van der Waals surface area contributed by atoms with Crippen LogP contribution in [0, 0.1) is 6.92 Å². The molecular formula is C18H17F3O4S. The summed E-state index contributed by atoms with van der Waals surface area (Å²) in [5.74, 6) is 0.0125. The number of aryl methyl sites for hydroxylation is 2. The molecule has 0 N–H and O–H groups in total. The fourth-order valence-corrected chi connectivity index (χ4v) is 3.23. The molecule has 0 saturated heterocycles. The lowest BCUT2D eigenvalue weighted by atomic mass is 10.1. The molecule has 0 aliphatic rings. The molecule has 2 aromatic carbocycles. The number of Topliss-reactive ketones (excluding diaryl/α,β-unsaturated/α-hetero) is 1. The third-order valence-electron chi connectivity index (χ3n) is 3.70. The Labute approximate surface area is 149 Å². The number of hydrogen-bond donors (Lipinski definition) is 0. The number of rotatable bonds is 6. The van der Waals surface area contributed by atoms with E-state index in [9.17, 15) is 26.4 Å². The average molecular weight is 386 g/mol. The molecule has 8 heteroatoms.